The Morgan fingerprint density at radius 2 is 1.80 bits per heavy atom. The number of benzene rings is 3. The Labute approximate surface area is 178 Å². The molecule has 0 fully saturated rings. The molecule has 0 aliphatic carbocycles. The second-order valence-corrected chi connectivity index (χ2v) is 7.31. The molecule has 150 valence electrons. The Bertz CT molecular complexity index is 1350. The first-order valence-electron chi connectivity index (χ1n) is 8.51. The van der Waals surface area contributed by atoms with Crippen LogP contribution in [0.2, 0.25) is 10.0 Å². The molecular formula is C21H11Cl2FN2O4. The van der Waals surface area contributed by atoms with Crippen LogP contribution in [0.15, 0.2) is 59.0 Å². The van der Waals surface area contributed by atoms with Crippen LogP contribution in [0.25, 0.3) is 22.1 Å². The van der Waals surface area contributed by atoms with Gasteiger partial charge in [-0.3, -0.25) is 14.9 Å². The molecule has 9 heteroatoms. The number of nitrogen functional groups attached to an aromatic ring is 1. The van der Waals surface area contributed by atoms with E-state index < -0.39 is 16.5 Å². The molecule has 0 spiro atoms. The van der Waals surface area contributed by atoms with Gasteiger partial charge in [0.15, 0.2) is 5.76 Å². The number of hydrogen-bond acceptors (Lipinski definition) is 5. The maximum absolute atomic E-state index is 13.8. The van der Waals surface area contributed by atoms with Gasteiger partial charge in [0.05, 0.1) is 21.7 Å². The molecule has 2 N–H and O–H groups in total. The van der Waals surface area contributed by atoms with Gasteiger partial charge in [-0.1, -0.05) is 29.3 Å². The van der Waals surface area contributed by atoms with Crippen LogP contribution in [0.5, 0.6) is 0 Å². The molecule has 1 heterocycles. The summed E-state index contributed by atoms with van der Waals surface area (Å²) in [7, 11) is 0. The number of carbonyl (C=O) groups excluding carboxylic acids is 1. The van der Waals surface area contributed by atoms with E-state index in [2.05, 4.69) is 0 Å². The van der Waals surface area contributed by atoms with E-state index in [1.165, 1.54) is 36.4 Å². The minimum absolute atomic E-state index is 0.100. The molecule has 3 aromatic carbocycles. The van der Waals surface area contributed by atoms with E-state index in [4.69, 9.17) is 33.4 Å². The molecule has 0 saturated carbocycles. The van der Waals surface area contributed by atoms with Crippen LogP contribution in [0.3, 0.4) is 0 Å². The maximum Gasteiger partial charge on any atom is 0.272 e. The van der Waals surface area contributed by atoms with Gasteiger partial charge in [-0.2, -0.15) is 0 Å². The smallest absolute Gasteiger partial charge is 0.272 e. The van der Waals surface area contributed by atoms with Gasteiger partial charge in [-0.25, -0.2) is 4.39 Å². The Hall–Kier alpha value is -3.42. The summed E-state index contributed by atoms with van der Waals surface area (Å²) >= 11 is 12.0. The highest BCUT2D eigenvalue weighted by molar-refractivity contribution is 6.37. The lowest BCUT2D eigenvalue weighted by Crippen LogP contribution is -2.03. The number of nitro groups is 1. The van der Waals surface area contributed by atoms with Gasteiger partial charge in [0.2, 0.25) is 5.78 Å². The molecular weight excluding hydrogens is 434 g/mol. The van der Waals surface area contributed by atoms with E-state index in [1.807, 2.05) is 0 Å². The summed E-state index contributed by atoms with van der Waals surface area (Å²) in [6.07, 6.45) is 0. The number of rotatable bonds is 4. The van der Waals surface area contributed by atoms with Crippen molar-refractivity contribution in [2.24, 2.45) is 0 Å². The molecule has 4 aromatic rings. The number of nitrogens with two attached hydrogens (primary N) is 1. The third-order valence-electron chi connectivity index (χ3n) is 4.54. The van der Waals surface area contributed by atoms with Crippen LogP contribution in [-0.4, -0.2) is 10.7 Å². The summed E-state index contributed by atoms with van der Waals surface area (Å²) in [5, 5.41) is 12.0. The van der Waals surface area contributed by atoms with Crippen molar-refractivity contribution in [2.75, 3.05) is 5.73 Å². The molecule has 6 nitrogen and oxygen atoms in total. The number of nitro benzene ring substituents is 1. The van der Waals surface area contributed by atoms with E-state index in [9.17, 15) is 19.3 Å². The number of hydrogen-bond donors (Lipinski definition) is 1. The summed E-state index contributed by atoms with van der Waals surface area (Å²) in [5.41, 5.74) is 7.03. The fraction of sp³-hybridized carbons (Fsp3) is 0. The number of nitrogens with zero attached hydrogens (tertiary/aromatic N) is 1. The lowest BCUT2D eigenvalue weighted by molar-refractivity contribution is -0.385. The third-order valence-corrected chi connectivity index (χ3v) is 5.08. The average Bonchev–Trinajstić information content (AvgIpc) is 3.03. The van der Waals surface area contributed by atoms with Crippen LogP contribution in [0.4, 0.5) is 15.8 Å². The summed E-state index contributed by atoms with van der Waals surface area (Å²) < 4.78 is 19.5. The lowest BCUT2D eigenvalue weighted by atomic mass is 10.0. The normalized spacial score (nSPS) is 11.0. The predicted molar refractivity (Wildman–Crippen MR) is 113 cm³/mol. The first kappa shape index (κ1) is 19.9. The highest BCUT2D eigenvalue weighted by Crippen LogP contribution is 2.35. The van der Waals surface area contributed by atoms with Crippen molar-refractivity contribution in [3.8, 4) is 11.1 Å². The van der Waals surface area contributed by atoms with Gasteiger partial charge in [-0.15, -0.1) is 0 Å². The monoisotopic (exact) mass is 444 g/mol. The zero-order valence-corrected chi connectivity index (χ0v) is 16.5. The van der Waals surface area contributed by atoms with Crippen molar-refractivity contribution >= 4 is 51.3 Å². The van der Waals surface area contributed by atoms with Gasteiger partial charge < -0.3 is 10.2 Å². The zero-order chi connectivity index (χ0) is 21.6. The number of fused-ring (bicyclic) bond motifs is 1. The van der Waals surface area contributed by atoms with Gasteiger partial charge >= 0.3 is 0 Å². The fourth-order valence-corrected chi connectivity index (χ4v) is 3.60. The SMILES string of the molecule is Nc1c(C(=O)c2ccc(Cl)cc2Cl)oc2cc(-c3cc(F)cc([N+](=O)[O-])c3)ccc12. The van der Waals surface area contributed by atoms with E-state index in [0.29, 0.717) is 16.0 Å². The number of carbonyl (C=O) groups is 1. The van der Waals surface area contributed by atoms with E-state index in [0.717, 1.165) is 6.07 Å². The number of anilines is 1. The quantitative estimate of drug-likeness (QED) is 0.227. The van der Waals surface area contributed by atoms with E-state index in [1.54, 1.807) is 12.1 Å². The van der Waals surface area contributed by atoms with E-state index >= 15 is 0 Å². The van der Waals surface area contributed by atoms with Crippen LogP contribution in [0, 0.1) is 15.9 Å². The van der Waals surface area contributed by atoms with Crippen molar-refractivity contribution < 1.29 is 18.5 Å². The van der Waals surface area contributed by atoms with Crippen LogP contribution >= 0.6 is 23.2 Å². The van der Waals surface area contributed by atoms with Crippen molar-refractivity contribution in [3.63, 3.8) is 0 Å². The van der Waals surface area contributed by atoms with Gasteiger partial charge in [-0.05, 0) is 47.5 Å². The topological polar surface area (TPSA) is 99.4 Å². The molecule has 0 radical (unpaired) electrons. The number of furan rings is 1. The summed E-state index contributed by atoms with van der Waals surface area (Å²) in [6, 6.07) is 12.4. The van der Waals surface area contributed by atoms with Crippen molar-refractivity contribution in [3.05, 3.63) is 91.9 Å². The summed E-state index contributed by atoms with van der Waals surface area (Å²) in [5.74, 6) is -1.36. The van der Waals surface area contributed by atoms with Crippen molar-refractivity contribution in [2.45, 2.75) is 0 Å². The minimum atomic E-state index is -0.744. The summed E-state index contributed by atoms with van der Waals surface area (Å²) in [4.78, 5) is 23.2. The molecule has 1 aromatic heterocycles. The molecule has 0 saturated heterocycles. The zero-order valence-electron chi connectivity index (χ0n) is 15.0. The van der Waals surface area contributed by atoms with E-state index in [-0.39, 0.29) is 38.9 Å². The molecule has 0 amide bonds. The standard InChI is InChI=1S/C21H11Cl2FN2O4/c22-12-2-4-15(17(23)8-12)20(27)21-19(25)16-3-1-10(7-18(16)30-21)11-5-13(24)9-14(6-11)26(28)29/h1-9H,25H2. The average molecular weight is 445 g/mol. The Morgan fingerprint density at radius 3 is 2.50 bits per heavy atom. The Kier molecular flexibility index (Phi) is 4.93. The number of ketones is 1. The largest absolute Gasteiger partial charge is 0.450 e. The second-order valence-electron chi connectivity index (χ2n) is 6.46. The van der Waals surface area contributed by atoms with Crippen molar-refractivity contribution in [1.82, 2.24) is 0 Å². The predicted octanol–water partition coefficient (Wildman–Crippen LogP) is 6.27. The number of non-ortho nitro benzene ring substituents is 1. The summed E-state index contributed by atoms with van der Waals surface area (Å²) in [6.45, 7) is 0. The van der Waals surface area contributed by atoms with Crippen LogP contribution < -0.4 is 5.73 Å². The molecule has 0 aliphatic rings. The maximum atomic E-state index is 13.8. The van der Waals surface area contributed by atoms with Crippen LogP contribution in [-0.2, 0) is 0 Å². The third kappa shape index (κ3) is 3.49. The van der Waals surface area contributed by atoms with Gasteiger partial charge in [0.25, 0.3) is 5.69 Å². The molecule has 0 aliphatic heterocycles. The van der Waals surface area contributed by atoms with Gasteiger partial charge in [0, 0.05) is 22.0 Å². The van der Waals surface area contributed by atoms with Gasteiger partial charge in [0.1, 0.15) is 11.4 Å². The first-order chi connectivity index (χ1) is 14.2. The van der Waals surface area contributed by atoms with Crippen LogP contribution in [0.1, 0.15) is 16.1 Å². The molecule has 0 atom stereocenters. The number of halogens is 3. The molecule has 0 bridgehead atoms. The highest BCUT2D eigenvalue weighted by Gasteiger charge is 2.23. The lowest BCUT2D eigenvalue weighted by Gasteiger charge is -2.02. The molecule has 30 heavy (non-hydrogen) atoms. The first-order valence-corrected chi connectivity index (χ1v) is 9.27. The second kappa shape index (κ2) is 7.44. The molecule has 4 rings (SSSR count). The Balaban J connectivity index is 1.81. The highest BCUT2D eigenvalue weighted by atomic mass is 35.5. The molecule has 0 unspecified atom stereocenters. The Morgan fingerprint density at radius 1 is 1.03 bits per heavy atom. The minimum Gasteiger partial charge on any atom is -0.450 e. The fourth-order valence-electron chi connectivity index (χ4n) is 3.11. The van der Waals surface area contributed by atoms with Crippen molar-refractivity contribution in [1.29, 1.82) is 0 Å².